The summed E-state index contributed by atoms with van der Waals surface area (Å²) in [4.78, 5) is 28.9. The number of nitrogens with zero attached hydrogens (tertiary/aromatic N) is 2. The number of amides is 2. The van der Waals surface area contributed by atoms with Crippen LogP contribution in [0.3, 0.4) is 0 Å². The molecular formula is C18H23FN2O2S. The molecule has 1 atom stereocenters. The average molecular weight is 350 g/mol. The zero-order valence-corrected chi connectivity index (χ0v) is 14.8. The van der Waals surface area contributed by atoms with Crippen molar-refractivity contribution in [3.05, 3.63) is 35.6 Å². The molecular weight excluding hydrogens is 327 g/mol. The smallest absolute Gasteiger partial charge is 0.232 e. The summed E-state index contributed by atoms with van der Waals surface area (Å²) in [5.41, 5.74) is 0.530. The monoisotopic (exact) mass is 350 g/mol. The first-order valence-corrected chi connectivity index (χ1v) is 9.74. The second kappa shape index (κ2) is 7.13. The lowest BCUT2D eigenvalue weighted by Gasteiger charge is -2.39. The molecule has 2 heterocycles. The maximum atomic E-state index is 13.1. The summed E-state index contributed by atoms with van der Waals surface area (Å²) in [6, 6.07) is 6.31. The van der Waals surface area contributed by atoms with E-state index in [4.69, 9.17) is 0 Å². The molecule has 2 fully saturated rings. The van der Waals surface area contributed by atoms with Crippen LogP contribution in [0.4, 0.5) is 4.39 Å². The topological polar surface area (TPSA) is 40.6 Å². The summed E-state index contributed by atoms with van der Waals surface area (Å²) >= 11 is 1.52. The number of carbonyl (C=O) groups excluding carboxylic acids is 2. The summed E-state index contributed by atoms with van der Waals surface area (Å²) in [6.45, 7) is 2.47. The molecule has 2 amide bonds. The normalized spacial score (nSPS) is 24.0. The van der Waals surface area contributed by atoms with Crippen molar-refractivity contribution in [3.8, 4) is 0 Å². The van der Waals surface area contributed by atoms with Gasteiger partial charge in [-0.1, -0.05) is 12.1 Å². The number of piperidine rings is 1. The largest absolute Gasteiger partial charge is 0.341 e. The molecule has 0 N–H and O–H groups in total. The number of rotatable bonds is 4. The van der Waals surface area contributed by atoms with E-state index in [9.17, 15) is 14.0 Å². The fourth-order valence-electron chi connectivity index (χ4n) is 3.79. The molecule has 2 aliphatic heterocycles. The van der Waals surface area contributed by atoms with Gasteiger partial charge in [0.05, 0.1) is 11.2 Å². The highest BCUT2D eigenvalue weighted by molar-refractivity contribution is 7.99. The van der Waals surface area contributed by atoms with E-state index in [2.05, 4.69) is 0 Å². The Bertz CT molecular complexity index is 622. The van der Waals surface area contributed by atoms with E-state index < -0.39 is 5.41 Å². The van der Waals surface area contributed by atoms with Crippen LogP contribution >= 0.6 is 11.8 Å². The van der Waals surface area contributed by atoms with Crippen molar-refractivity contribution >= 4 is 23.6 Å². The predicted octanol–water partition coefficient (Wildman–Crippen LogP) is 2.53. The van der Waals surface area contributed by atoms with Gasteiger partial charge in [0.15, 0.2) is 0 Å². The molecule has 3 rings (SSSR count). The molecule has 0 aromatic heterocycles. The molecule has 2 saturated heterocycles. The molecule has 0 saturated carbocycles. The van der Waals surface area contributed by atoms with Crippen LogP contribution in [-0.2, 0) is 16.1 Å². The number of halogens is 1. The van der Waals surface area contributed by atoms with Crippen molar-refractivity contribution in [1.82, 2.24) is 9.80 Å². The molecule has 1 aromatic rings. The molecule has 24 heavy (non-hydrogen) atoms. The molecule has 2 aliphatic rings. The number of hydrogen-bond acceptors (Lipinski definition) is 3. The SMILES string of the molecule is CSCC(=O)N1CCC2(CCCN(Cc3ccc(F)cc3)C2=O)C1. The van der Waals surface area contributed by atoms with E-state index in [0.717, 1.165) is 31.4 Å². The van der Waals surface area contributed by atoms with Crippen LogP contribution in [0.5, 0.6) is 0 Å². The molecule has 4 nitrogen and oxygen atoms in total. The minimum absolute atomic E-state index is 0.128. The third-order valence-corrected chi connectivity index (χ3v) is 5.62. The minimum Gasteiger partial charge on any atom is -0.341 e. The fourth-order valence-corrected chi connectivity index (χ4v) is 4.22. The summed E-state index contributed by atoms with van der Waals surface area (Å²) in [7, 11) is 0. The Morgan fingerprint density at radius 2 is 2.00 bits per heavy atom. The summed E-state index contributed by atoms with van der Waals surface area (Å²) in [6.07, 6.45) is 4.48. The van der Waals surface area contributed by atoms with Gasteiger partial charge in [0.25, 0.3) is 0 Å². The van der Waals surface area contributed by atoms with Crippen molar-refractivity contribution in [2.75, 3.05) is 31.6 Å². The molecule has 1 unspecified atom stereocenters. The average Bonchev–Trinajstić information content (AvgIpc) is 3.00. The van der Waals surface area contributed by atoms with Gasteiger partial charge in [-0.3, -0.25) is 9.59 Å². The van der Waals surface area contributed by atoms with E-state index in [1.807, 2.05) is 16.1 Å². The van der Waals surface area contributed by atoms with Gasteiger partial charge in [0, 0.05) is 26.2 Å². The molecule has 0 bridgehead atoms. The Kier molecular flexibility index (Phi) is 5.13. The number of likely N-dealkylation sites (tertiary alicyclic amines) is 2. The maximum absolute atomic E-state index is 13.1. The summed E-state index contributed by atoms with van der Waals surface area (Å²) in [5.74, 6) is 0.489. The Balaban J connectivity index is 1.69. The lowest BCUT2D eigenvalue weighted by molar-refractivity contribution is -0.146. The van der Waals surface area contributed by atoms with Gasteiger partial charge < -0.3 is 9.80 Å². The number of hydrogen-bond donors (Lipinski definition) is 0. The van der Waals surface area contributed by atoms with Gasteiger partial charge >= 0.3 is 0 Å². The van der Waals surface area contributed by atoms with Crippen LogP contribution in [0.2, 0.25) is 0 Å². The summed E-state index contributed by atoms with van der Waals surface area (Å²) in [5, 5.41) is 0. The van der Waals surface area contributed by atoms with Gasteiger partial charge in [0.2, 0.25) is 11.8 Å². The van der Waals surface area contributed by atoms with Gasteiger partial charge in [-0.2, -0.15) is 11.8 Å². The van der Waals surface area contributed by atoms with Crippen LogP contribution in [-0.4, -0.2) is 53.3 Å². The van der Waals surface area contributed by atoms with E-state index >= 15 is 0 Å². The quantitative estimate of drug-likeness (QED) is 0.838. The van der Waals surface area contributed by atoms with Crippen LogP contribution in [0.25, 0.3) is 0 Å². The number of thioether (sulfide) groups is 1. The van der Waals surface area contributed by atoms with Crippen LogP contribution in [0.15, 0.2) is 24.3 Å². The molecule has 1 aromatic carbocycles. The van der Waals surface area contributed by atoms with E-state index in [1.165, 1.54) is 23.9 Å². The zero-order valence-electron chi connectivity index (χ0n) is 14.0. The highest BCUT2D eigenvalue weighted by Crippen LogP contribution is 2.40. The first-order chi connectivity index (χ1) is 11.5. The van der Waals surface area contributed by atoms with Gasteiger partial charge in [0.1, 0.15) is 5.82 Å². The maximum Gasteiger partial charge on any atom is 0.232 e. The molecule has 0 aliphatic carbocycles. The van der Waals surface area contributed by atoms with E-state index in [-0.39, 0.29) is 17.6 Å². The fraction of sp³-hybridized carbons (Fsp3) is 0.556. The van der Waals surface area contributed by atoms with Gasteiger partial charge in [-0.25, -0.2) is 4.39 Å². The van der Waals surface area contributed by atoms with Crippen LogP contribution < -0.4 is 0 Å². The van der Waals surface area contributed by atoms with Gasteiger partial charge in [-0.05, 0) is 43.2 Å². The van der Waals surface area contributed by atoms with Gasteiger partial charge in [-0.15, -0.1) is 0 Å². The van der Waals surface area contributed by atoms with Crippen molar-refractivity contribution in [3.63, 3.8) is 0 Å². The third kappa shape index (κ3) is 3.43. The lowest BCUT2D eigenvalue weighted by Crippen LogP contribution is -2.50. The lowest BCUT2D eigenvalue weighted by atomic mass is 9.78. The minimum atomic E-state index is -0.410. The zero-order chi connectivity index (χ0) is 17.2. The third-order valence-electron chi connectivity index (χ3n) is 5.09. The van der Waals surface area contributed by atoms with Crippen LogP contribution in [0, 0.1) is 11.2 Å². The molecule has 6 heteroatoms. The first kappa shape index (κ1) is 17.3. The second-order valence-electron chi connectivity index (χ2n) is 6.74. The first-order valence-electron chi connectivity index (χ1n) is 8.35. The Hall–Kier alpha value is -1.56. The molecule has 0 radical (unpaired) electrons. The van der Waals surface area contributed by atoms with E-state index in [1.54, 1.807) is 12.1 Å². The van der Waals surface area contributed by atoms with Crippen molar-refractivity contribution in [2.45, 2.75) is 25.8 Å². The molecule has 130 valence electrons. The summed E-state index contributed by atoms with van der Waals surface area (Å²) < 4.78 is 13.0. The Labute approximate surface area is 146 Å². The molecule has 1 spiro atoms. The van der Waals surface area contributed by atoms with Crippen molar-refractivity contribution in [1.29, 1.82) is 0 Å². The van der Waals surface area contributed by atoms with E-state index in [0.29, 0.717) is 25.4 Å². The standard InChI is InChI=1S/C18H23FN2O2S/c1-24-12-16(22)21-10-8-18(13-21)7-2-9-20(17(18)23)11-14-3-5-15(19)6-4-14/h3-6H,2,7-13H2,1H3. The number of benzene rings is 1. The number of carbonyl (C=O) groups is 2. The Morgan fingerprint density at radius 3 is 2.71 bits per heavy atom. The van der Waals surface area contributed by atoms with Crippen molar-refractivity contribution < 1.29 is 14.0 Å². The predicted molar refractivity (Wildman–Crippen MR) is 93.1 cm³/mol. The highest BCUT2D eigenvalue weighted by atomic mass is 32.2. The Morgan fingerprint density at radius 1 is 1.25 bits per heavy atom. The highest BCUT2D eigenvalue weighted by Gasteiger charge is 2.49. The van der Waals surface area contributed by atoms with Crippen LogP contribution in [0.1, 0.15) is 24.8 Å². The second-order valence-corrected chi connectivity index (χ2v) is 7.60. The van der Waals surface area contributed by atoms with Crippen molar-refractivity contribution in [2.24, 2.45) is 5.41 Å².